The van der Waals surface area contributed by atoms with Gasteiger partial charge in [0.25, 0.3) is 0 Å². The van der Waals surface area contributed by atoms with E-state index in [1.54, 1.807) is 11.8 Å². The van der Waals surface area contributed by atoms with E-state index in [0.29, 0.717) is 12.2 Å². The normalized spacial score (nSPS) is 14.7. The molecule has 3 atom stereocenters. The van der Waals surface area contributed by atoms with Crippen molar-refractivity contribution in [2.24, 2.45) is 11.5 Å². The van der Waals surface area contributed by atoms with Crippen molar-refractivity contribution in [1.82, 2.24) is 6.15 Å². The minimum Gasteiger partial charge on any atom is -0.375 e. The van der Waals surface area contributed by atoms with Gasteiger partial charge in [0.2, 0.25) is 0 Å². The van der Waals surface area contributed by atoms with E-state index in [2.05, 4.69) is 5.73 Å². The van der Waals surface area contributed by atoms with E-state index >= 15 is 0 Å². The van der Waals surface area contributed by atoms with Crippen molar-refractivity contribution in [2.75, 3.05) is 24.0 Å². The number of hydrogen-bond acceptors (Lipinski definition) is 8. The molecule has 0 fully saturated rings. The molecule has 0 saturated carbocycles. The Morgan fingerprint density at radius 2 is 1.60 bits per heavy atom. The van der Waals surface area contributed by atoms with Crippen LogP contribution in [0.2, 0.25) is 0 Å². The first-order valence-corrected chi connectivity index (χ1v) is 8.44. The molecule has 0 amide bonds. The van der Waals surface area contributed by atoms with Gasteiger partial charge in [-0.2, -0.15) is 23.5 Å². The van der Waals surface area contributed by atoms with Crippen molar-refractivity contribution < 1.29 is 24.8 Å². The van der Waals surface area contributed by atoms with Gasteiger partial charge in [0, 0.05) is 5.75 Å². The molecule has 0 spiro atoms. The molecule has 20 heavy (non-hydrogen) atoms. The maximum atomic E-state index is 11.5. The Labute approximate surface area is 127 Å². The van der Waals surface area contributed by atoms with Crippen LogP contribution >= 0.6 is 23.5 Å². The van der Waals surface area contributed by atoms with Crippen LogP contribution in [0.15, 0.2) is 0 Å². The van der Waals surface area contributed by atoms with Crippen LogP contribution in [0.4, 0.5) is 0 Å². The van der Waals surface area contributed by atoms with Crippen molar-refractivity contribution in [2.45, 2.75) is 24.9 Å². The van der Waals surface area contributed by atoms with Gasteiger partial charge < -0.3 is 27.1 Å². The van der Waals surface area contributed by atoms with Gasteiger partial charge in [-0.1, -0.05) is 0 Å². The molecular formula is C10H26N4O4S2+2. The third-order valence-electron chi connectivity index (χ3n) is 2.08. The molecule has 0 aromatic rings. The van der Waals surface area contributed by atoms with E-state index in [4.69, 9.17) is 20.9 Å². The number of quaternary nitrogens is 2. The van der Waals surface area contributed by atoms with Crippen molar-refractivity contribution in [3.8, 4) is 0 Å². The first-order chi connectivity index (χ1) is 8.92. The summed E-state index contributed by atoms with van der Waals surface area (Å²) < 4.78 is 9.62. The Hall–Kier alpha value is -0.520. The van der Waals surface area contributed by atoms with Gasteiger partial charge in [-0.25, -0.2) is 0 Å². The summed E-state index contributed by atoms with van der Waals surface area (Å²) in [5, 5.41) is 0. The first-order valence-electron chi connectivity index (χ1n) is 5.65. The minimum atomic E-state index is -1.23. The van der Waals surface area contributed by atoms with Crippen LogP contribution in [0.1, 0.15) is 6.42 Å². The number of carbonyl (C=O) groups is 2. The number of esters is 2. The van der Waals surface area contributed by atoms with Crippen molar-refractivity contribution in [3.63, 3.8) is 0 Å². The summed E-state index contributed by atoms with van der Waals surface area (Å²) in [6.45, 7) is 0. The molecule has 0 aliphatic carbocycles. The number of carbonyl (C=O) groups excluding carboxylic acids is 2. The third-order valence-corrected chi connectivity index (χ3v) is 3.42. The van der Waals surface area contributed by atoms with E-state index < -0.39 is 30.4 Å². The Morgan fingerprint density at radius 1 is 1.10 bits per heavy atom. The highest BCUT2D eigenvalue weighted by molar-refractivity contribution is 7.98. The second kappa shape index (κ2) is 12.2. The summed E-state index contributed by atoms with van der Waals surface area (Å²) >= 11 is 3.00. The predicted molar refractivity (Wildman–Crippen MR) is 82.2 cm³/mol. The van der Waals surface area contributed by atoms with E-state index in [1.165, 1.54) is 11.8 Å². The maximum Gasteiger partial charge on any atom is 0.393 e. The topological polar surface area (TPSA) is 169 Å². The smallest absolute Gasteiger partial charge is 0.375 e. The zero-order valence-electron chi connectivity index (χ0n) is 12.2. The van der Waals surface area contributed by atoms with Crippen molar-refractivity contribution in [3.05, 3.63) is 0 Å². The lowest BCUT2D eigenvalue weighted by Gasteiger charge is -2.15. The molecule has 0 aliphatic heterocycles. The van der Waals surface area contributed by atoms with Gasteiger partial charge in [-0.05, 0) is 24.7 Å². The zero-order chi connectivity index (χ0) is 14.8. The highest BCUT2D eigenvalue weighted by atomic mass is 32.2. The predicted octanol–water partition coefficient (Wildman–Crippen LogP) is -1.25. The molecule has 0 aromatic heterocycles. The standard InChI is InChI=1S/C10H21N3O4S2.H3N/c1-18-4-3-6(11)8(14)16-10(13)17-9(15)7(12)5-19-2;/h6-7,10H,3-5,11-13H2,1-2H3;1H3/p+2. The van der Waals surface area contributed by atoms with Gasteiger partial charge in [0.1, 0.15) is 12.1 Å². The van der Waals surface area contributed by atoms with E-state index in [9.17, 15) is 9.59 Å². The monoisotopic (exact) mass is 330 g/mol. The van der Waals surface area contributed by atoms with Crippen LogP contribution < -0.4 is 23.4 Å². The van der Waals surface area contributed by atoms with Crippen molar-refractivity contribution >= 4 is 35.5 Å². The number of ether oxygens (including phenoxy) is 2. The lowest BCUT2D eigenvalue weighted by atomic mass is 10.2. The lowest BCUT2D eigenvalue weighted by Crippen LogP contribution is -2.66. The maximum absolute atomic E-state index is 11.5. The highest BCUT2D eigenvalue weighted by Gasteiger charge is 2.24. The second-order valence-electron chi connectivity index (χ2n) is 3.75. The lowest BCUT2D eigenvalue weighted by molar-refractivity contribution is -0.542. The van der Waals surface area contributed by atoms with Crippen LogP contribution in [0, 0.1) is 0 Å². The van der Waals surface area contributed by atoms with Crippen molar-refractivity contribution in [1.29, 1.82) is 0 Å². The quantitative estimate of drug-likeness (QED) is 0.300. The van der Waals surface area contributed by atoms with Crippen LogP contribution in [0.3, 0.4) is 0 Å². The molecule has 0 aromatic carbocycles. The molecule has 0 bridgehead atoms. The first kappa shape index (κ1) is 21.8. The summed E-state index contributed by atoms with van der Waals surface area (Å²) in [6.07, 6.45) is 3.00. The van der Waals surface area contributed by atoms with Crippen LogP contribution in [0.5, 0.6) is 0 Å². The van der Waals surface area contributed by atoms with Gasteiger partial charge in [0.05, 0.1) is 0 Å². The summed E-state index contributed by atoms with van der Waals surface area (Å²) in [6, 6.07) is -1.50. The Kier molecular flexibility index (Phi) is 13.3. The molecule has 10 heteroatoms. The minimum absolute atomic E-state index is 0. The summed E-state index contributed by atoms with van der Waals surface area (Å²) in [5.74, 6) is -0.122. The Balaban J connectivity index is 0. The van der Waals surface area contributed by atoms with E-state index in [-0.39, 0.29) is 6.15 Å². The number of thioether (sulfide) groups is 2. The molecule has 120 valence electrons. The molecule has 0 radical (unpaired) electrons. The summed E-state index contributed by atoms with van der Waals surface area (Å²) in [4.78, 5) is 23.0. The fourth-order valence-corrected chi connectivity index (χ4v) is 2.05. The third kappa shape index (κ3) is 9.39. The number of rotatable bonds is 9. The summed E-state index contributed by atoms with van der Waals surface area (Å²) in [5.41, 5.74) is 14.6. The van der Waals surface area contributed by atoms with E-state index in [0.717, 1.165) is 5.75 Å². The molecule has 0 rings (SSSR count). The average molecular weight is 330 g/mol. The molecule has 0 aliphatic rings. The Bertz CT molecular complexity index is 296. The number of hydrogen-bond donors (Lipinski definition) is 4. The van der Waals surface area contributed by atoms with E-state index in [1.807, 2.05) is 12.5 Å². The largest absolute Gasteiger partial charge is 0.393 e. The molecule has 8 nitrogen and oxygen atoms in total. The Morgan fingerprint density at radius 3 is 2.05 bits per heavy atom. The number of nitrogens with two attached hydrogens (primary N) is 2. The second-order valence-corrected chi connectivity index (χ2v) is 5.65. The van der Waals surface area contributed by atoms with Crippen LogP contribution in [-0.2, 0) is 19.1 Å². The average Bonchev–Trinajstić information content (AvgIpc) is 2.35. The SMILES string of the molecule is CSCCC(N)C(=O)OC([NH3+])OC(=O)C(N)CSC.[NH4+]. The highest BCUT2D eigenvalue weighted by Crippen LogP contribution is 2.02. The molecule has 0 saturated heterocycles. The van der Waals surface area contributed by atoms with Crippen LogP contribution in [-0.4, -0.2) is 54.5 Å². The van der Waals surface area contributed by atoms with Gasteiger partial charge in [-0.3, -0.25) is 15.3 Å². The van der Waals surface area contributed by atoms with Gasteiger partial charge in [0.15, 0.2) is 0 Å². The fraction of sp³-hybridized carbons (Fsp3) is 0.800. The molecule has 0 heterocycles. The molecule has 3 unspecified atom stereocenters. The summed E-state index contributed by atoms with van der Waals surface area (Å²) in [7, 11) is 0. The van der Waals surface area contributed by atoms with Crippen LogP contribution in [0.25, 0.3) is 0 Å². The van der Waals surface area contributed by atoms with Gasteiger partial charge in [-0.15, -0.1) is 0 Å². The molecule has 11 N–H and O–H groups in total. The molecular weight excluding hydrogens is 304 g/mol. The zero-order valence-corrected chi connectivity index (χ0v) is 13.8. The fourth-order valence-electron chi connectivity index (χ4n) is 1.07. The van der Waals surface area contributed by atoms with Gasteiger partial charge >= 0.3 is 18.4 Å².